The second-order valence-electron chi connectivity index (χ2n) is 3.41. The predicted molar refractivity (Wildman–Crippen MR) is 55.4 cm³/mol. The lowest BCUT2D eigenvalue weighted by molar-refractivity contribution is 0.551. The maximum absolute atomic E-state index is 11.0. The Bertz CT molecular complexity index is 481. The number of hydrogen-bond donors (Lipinski definition) is 1. The number of H-pyrrole nitrogens is 1. The minimum Gasteiger partial charge on any atom is -0.408 e. The summed E-state index contributed by atoms with van der Waals surface area (Å²) in [6.45, 7) is 2.15. The fraction of sp³-hybridized carbons (Fsp3) is 0.364. The monoisotopic (exact) mass is 191 g/mol. The minimum atomic E-state index is -0.371. The molecule has 0 amide bonds. The topological polar surface area (TPSA) is 46.0 Å². The van der Waals surface area contributed by atoms with Gasteiger partial charge in [0.1, 0.15) is 0 Å². The number of para-hydroxylation sites is 1. The molecule has 2 aromatic rings. The molecule has 0 radical (unpaired) electrons. The van der Waals surface area contributed by atoms with E-state index in [9.17, 15) is 4.79 Å². The Morgan fingerprint density at radius 2 is 2.29 bits per heavy atom. The maximum atomic E-state index is 11.0. The van der Waals surface area contributed by atoms with Gasteiger partial charge in [-0.05, 0) is 24.5 Å². The SMILES string of the molecule is CCCCc1cccc2[nH]c(=O)oc12. The Balaban J connectivity index is 2.47. The third kappa shape index (κ3) is 1.58. The van der Waals surface area contributed by atoms with Crippen molar-refractivity contribution in [2.24, 2.45) is 0 Å². The van der Waals surface area contributed by atoms with Gasteiger partial charge in [-0.3, -0.25) is 4.98 Å². The Kier molecular flexibility index (Phi) is 2.39. The highest BCUT2D eigenvalue weighted by molar-refractivity contribution is 5.75. The number of aromatic nitrogens is 1. The van der Waals surface area contributed by atoms with Crippen molar-refractivity contribution in [2.45, 2.75) is 26.2 Å². The van der Waals surface area contributed by atoms with Gasteiger partial charge in [-0.2, -0.15) is 0 Å². The Morgan fingerprint density at radius 3 is 3.07 bits per heavy atom. The molecule has 2 rings (SSSR count). The van der Waals surface area contributed by atoms with Gasteiger partial charge in [0, 0.05) is 0 Å². The zero-order valence-corrected chi connectivity index (χ0v) is 8.17. The molecule has 1 heterocycles. The van der Waals surface area contributed by atoms with Crippen molar-refractivity contribution >= 4 is 11.1 Å². The summed E-state index contributed by atoms with van der Waals surface area (Å²) in [4.78, 5) is 13.6. The summed E-state index contributed by atoms with van der Waals surface area (Å²) >= 11 is 0. The van der Waals surface area contributed by atoms with E-state index in [1.165, 1.54) is 0 Å². The second kappa shape index (κ2) is 3.70. The van der Waals surface area contributed by atoms with Crippen LogP contribution in [0, 0.1) is 0 Å². The van der Waals surface area contributed by atoms with Crippen molar-refractivity contribution in [3.63, 3.8) is 0 Å². The molecule has 0 bridgehead atoms. The molecule has 14 heavy (non-hydrogen) atoms. The molecule has 0 aliphatic carbocycles. The third-order valence-electron chi connectivity index (χ3n) is 2.33. The summed E-state index contributed by atoms with van der Waals surface area (Å²) < 4.78 is 5.08. The van der Waals surface area contributed by atoms with Crippen LogP contribution in [0.5, 0.6) is 0 Å². The molecule has 74 valence electrons. The van der Waals surface area contributed by atoms with Crippen LogP contribution in [0.15, 0.2) is 27.4 Å². The molecule has 0 aliphatic rings. The van der Waals surface area contributed by atoms with Crippen molar-refractivity contribution in [2.75, 3.05) is 0 Å². The van der Waals surface area contributed by atoms with Gasteiger partial charge in [-0.1, -0.05) is 25.5 Å². The standard InChI is InChI=1S/C11H13NO2/c1-2-3-5-8-6-4-7-9-10(8)14-11(13)12-9/h4,6-7H,2-3,5H2,1H3,(H,12,13). The number of aryl methyl sites for hydroxylation is 1. The first kappa shape index (κ1) is 9.06. The summed E-state index contributed by atoms with van der Waals surface area (Å²) in [5.41, 5.74) is 2.62. The second-order valence-corrected chi connectivity index (χ2v) is 3.41. The fourth-order valence-electron chi connectivity index (χ4n) is 1.60. The summed E-state index contributed by atoms with van der Waals surface area (Å²) in [5, 5.41) is 0. The van der Waals surface area contributed by atoms with Crippen molar-refractivity contribution in [1.82, 2.24) is 4.98 Å². The zero-order chi connectivity index (χ0) is 9.97. The van der Waals surface area contributed by atoms with Crippen LogP contribution in [0.3, 0.4) is 0 Å². The van der Waals surface area contributed by atoms with E-state index >= 15 is 0 Å². The average Bonchev–Trinajstić information content (AvgIpc) is 2.55. The highest BCUT2D eigenvalue weighted by Crippen LogP contribution is 2.17. The van der Waals surface area contributed by atoms with Crippen LogP contribution in [0.4, 0.5) is 0 Å². The molecule has 0 saturated carbocycles. The van der Waals surface area contributed by atoms with Gasteiger partial charge in [0.05, 0.1) is 5.52 Å². The number of nitrogens with one attached hydrogen (secondary N) is 1. The molecule has 0 aliphatic heterocycles. The van der Waals surface area contributed by atoms with Crippen molar-refractivity contribution in [3.05, 3.63) is 34.3 Å². The summed E-state index contributed by atoms with van der Waals surface area (Å²) in [5.74, 6) is -0.371. The Morgan fingerprint density at radius 1 is 1.43 bits per heavy atom. The Hall–Kier alpha value is -1.51. The first-order valence-electron chi connectivity index (χ1n) is 4.92. The smallest absolute Gasteiger partial charge is 0.408 e. The van der Waals surface area contributed by atoms with Gasteiger partial charge in [0.25, 0.3) is 0 Å². The number of hydrogen-bond acceptors (Lipinski definition) is 2. The largest absolute Gasteiger partial charge is 0.417 e. The van der Waals surface area contributed by atoms with Crippen LogP contribution in [0.1, 0.15) is 25.3 Å². The van der Waals surface area contributed by atoms with Crippen LogP contribution < -0.4 is 5.76 Å². The molecular formula is C11H13NO2. The van der Waals surface area contributed by atoms with E-state index in [4.69, 9.17) is 4.42 Å². The highest BCUT2D eigenvalue weighted by Gasteiger charge is 2.05. The summed E-state index contributed by atoms with van der Waals surface area (Å²) in [6, 6.07) is 5.81. The predicted octanol–water partition coefficient (Wildman–Crippen LogP) is 2.46. The molecule has 0 fully saturated rings. The van der Waals surface area contributed by atoms with Gasteiger partial charge in [0.15, 0.2) is 5.58 Å². The number of aromatic amines is 1. The molecule has 3 nitrogen and oxygen atoms in total. The molecule has 1 N–H and O–H groups in total. The van der Waals surface area contributed by atoms with Crippen molar-refractivity contribution < 1.29 is 4.42 Å². The number of rotatable bonds is 3. The molecular weight excluding hydrogens is 178 g/mol. The molecule has 0 saturated heterocycles. The average molecular weight is 191 g/mol. The van der Waals surface area contributed by atoms with Gasteiger partial charge in [0.2, 0.25) is 0 Å². The van der Waals surface area contributed by atoms with Gasteiger partial charge >= 0.3 is 5.76 Å². The summed E-state index contributed by atoms with van der Waals surface area (Å²) in [6.07, 6.45) is 3.23. The lowest BCUT2D eigenvalue weighted by atomic mass is 10.1. The van der Waals surface area contributed by atoms with Gasteiger partial charge in [-0.25, -0.2) is 4.79 Å². The van der Waals surface area contributed by atoms with E-state index in [0.29, 0.717) is 5.58 Å². The lowest BCUT2D eigenvalue weighted by Crippen LogP contribution is -1.92. The third-order valence-corrected chi connectivity index (χ3v) is 2.33. The fourth-order valence-corrected chi connectivity index (χ4v) is 1.60. The molecule has 0 unspecified atom stereocenters. The lowest BCUT2D eigenvalue weighted by Gasteiger charge is -1.98. The normalized spacial score (nSPS) is 10.9. The highest BCUT2D eigenvalue weighted by atomic mass is 16.4. The van der Waals surface area contributed by atoms with E-state index in [-0.39, 0.29) is 5.76 Å². The Labute approximate surface area is 81.7 Å². The van der Waals surface area contributed by atoms with Crippen LogP contribution in [-0.4, -0.2) is 4.98 Å². The number of oxazole rings is 1. The van der Waals surface area contributed by atoms with E-state index in [1.54, 1.807) is 0 Å². The molecule has 1 aromatic carbocycles. The van der Waals surface area contributed by atoms with Gasteiger partial charge in [-0.15, -0.1) is 0 Å². The van der Waals surface area contributed by atoms with Crippen LogP contribution in [-0.2, 0) is 6.42 Å². The maximum Gasteiger partial charge on any atom is 0.417 e. The number of unbranched alkanes of at least 4 members (excludes halogenated alkanes) is 1. The molecule has 1 aromatic heterocycles. The van der Waals surface area contributed by atoms with E-state index in [2.05, 4.69) is 11.9 Å². The van der Waals surface area contributed by atoms with Crippen LogP contribution in [0.25, 0.3) is 11.1 Å². The number of benzene rings is 1. The van der Waals surface area contributed by atoms with E-state index in [0.717, 1.165) is 30.3 Å². The molecule has 0 atom stereocenters. The van der Waals surface area contributed by atoms with Crippen molar-refractivity contribution in [1.29, 1.82) is 0 Å². The summed E-state index contributed by atoms with van der Waals surface area (Å²) in [7, 11) is 0. The number of fused-ring (bicyclic) bond motifs is 1. The molecule has 3 heteroatoms. The molecule has 0 spiro atoms. The first-order chi connectivity index (χ1) is 6.81. The van der Waals surface area contributed by atoms with Gasteiger partial charge < -0.3 is 4.42 Å². The van der Waals surface area contributed by atoms with Crippen molar-refractivity contribution in [3.8, 4) is 0 Å². The van der Waals surface area contributed by atoms with Crippen LogP contribution >= 0.6 is 0 Å². The van der Waals surface area contributed by atoms with E-state index in [1.807, 2.05) is 18.2 Å². The quantitative estimate of drug-likeness (QED) is 0.810. The zero-order valence-electron chi connectivity index (χ0n) is 8.17. The van der Waals surface area contributed by atoms with Crippen LogP contribution in [0.2, 0.25) is 0 Å². The van der Waals surface area contributed by atoms with E-state index < -0.39 is 0 Å². The minimum absolute atomic E-state index is 0.371. The first-order valence-corrected chi connectivity index (χ1v) is 4.92.